The van der Waals surface area contributed by atoms with Gasteiger partial charge in [0, 0.05) is 20.8 Å². The zero-order chi connectivity index (χ0) is 14.0. The van der Waals surface area contributed by atoms with Crippen molar-refractivity contribution in [1.29, 1.82) is 0 Å². The first-order valence-electron chi connectivity index (χ1n) is 5.05. The molecule has 1 amide bonds. The summed E-state index contributed by atoms with van der Waals surface area (Å²) < 4.78 is 1.38. The number of carbonyl (C=O) groups is 1. The van der Waals surface area contributed by atoms with Crippen molar-refractivity contribution in [2.45, 2.75) is 0 Å². The molecular weight excluding hydrogens is 419 g/mol. The van der Waals surface area contributed by atoms with Crippen LogP contribution in [0.1, 0.15) is 10.4 Å². The quantitative estimate of drug-likeness (QED) is 0.676. The molecule has 7 heteroatoms. The minimum absolute atomic E-state index is 0.147. The van der Waals surface area contributed by atoms with Gasteiger partial charge in [-0.05, 0) is 56.1 Å². The monoisotopic (exact) mass is 422 g/mol. The van der Waals surface area contributed by atoms with E-state index in [1.165, 1.54) is 6.20 Å². The topological polar surface area (TPSA) is 42.0 Å². The van der Waals surface area contributed by atoms with E-state index in [0.717, 1.165) is 0 Å². The molecule has 2 rings (SSSR count). The lowest BCUT2D eigenvalue weighted by Crippen LogP contribution is -2.13. The van der Waals surface area contributed by atoms with Gasteiger partial charge >= 0.3 is 0 Å². The van der Waals surface area contributed by atoms with Gasteiger partial charge in [-0.15, -0.1) is 0 Å². The molecule has 1 heterocycles. The summed E-state index contributed by atoms with van der Waals surface area (Å²) in [4.78, 5) is 16.0. The fraction of sp³-hybridized carbons (Fsp3) is 0. The number of benzene rings is 1. The van der Waals surface area contributed by atoms with Gasteiger partial charge in [-0.1, -0.05) is 23.2 Å². The molecule has 0 bridgehead atoms. The SMILES string of the molecule is O=C(Nc1ccc(Cl)c(Br)c1)c1cc(Br)cnc1Cl. The Labute approximate surface area is 136 Å². The van der Waals surface area contributed by atoms with Crippen LogP contribution in [0, 0.1) is 0 Å². The van der Waals surface area contributed by atoms with E-state index >= 15 is 0 Å². The number of carbonyl (C=O) groups excluding carboxylic acids is 1. The van der Waals surface area contributed by atoms with Crippen LogP contribution in [0.25, 0.3) is 0 Å². The highest BCUT2D eigenvalue weighted by Crippen LogP contribution is 2.26. The number of nitrogens with zero attached hydrogens (tertiary/aromatic N) is 1. The van der Waals surface area contributed by atoms with Gasteiger partial charge in [-0.25, -0.2) is 4.98 Å². The van der Waals surface area contributed by atoms with E-state index in [-0.39, 0.29) is 11.1 Å². The molecule has 1 N–H and O–H groups in total. The van der Waals surface area contributed by atoms with Crippen molar-refractivity contribution in [3.63, 3.8) is 0 Å². The third-order valence-corrected chi connectivity index (χ3v) is 4.18. The maximum Gasteiger partial charge on any atom is 0.258 e. The summed E-state index contributed by atoms with van der Waals surface area (Å²) in [6.07, 6.45) is 1.53. The second-order valence-electron chi connectivity index (χ2n) is 3.57. The fourth-order valence-electron chi connectivity index (χ4n) is 1.35. The third kappa shape index (κ3) is 3.69. The van der Waals surface area contributed by atoms with Crippen LogP contribution in [-0.2, 0) is 0 Å². The molecule has 1 aromatic carbocycles. The van der Waals surface area contributed by atoms with Crippen molar-refractivity contribution < 1.29 is 4.79 Å². The van der Waals surface area contributed by atoms with Gasteiger partial charge in [0.15, 0.2) is 0 Å². The maximum absolute atomic E-state index is 12.1. The first-order chi connectivity index (χ1) is 8.97. The summed E-state index contributed by atoms with van der Waals surface area (Å²) in [5.41, 5.74) is 0.902. The molecule has 2 aromatic rings. The van der Waals surface area contributed by atoms with Gasteiger partial charge in [-0.3, -0.25) is 4.79 Å². The molecule has 0 fully saturated rings. The number of anilines is 1. The molecule has 3 nitrogen and oxygen atoms in total. The Kier molecular flexibility index (Phi) is 4.84. The Morgan fingerprint density at radius 2 is 1.95 bits per heavy atom. The molecule has 1 aromatic heterocycles. The van der Waals surface area contributed by atoms with Gasteiger partial charge in [-0.2, -0.15) is 0 Å². The molecular formula is C12H6Br2Cl2N2O. The van der Waals surface area contributed by atoms with Crippen LogP contribution in [0.2, 0.25) is 10.2 Å². The van der Waals surface area contributed by atoms with Crippen LogP contribution in [0.4, 0.5) is 5.69 Å². The summed E-state index contributed by atoms with van der Waals surface area (Å²) in [6, 6.07) is 6.70. The van der Waals surface area contributed by atoms with E-state index in [9.17, 15) is 4.79 Å². The number of nitrogens with one attached hydrogen (secondary N) is 1. The van der Waals surface area contributed by atoms with E-state index in [2.05, 4.69) is 42.2 Å². The summed E-state index contributed by atoms with van der Waals surface area (Å²) in [7, 11) is 0. The highest BCUT2D eigenvalue weighted by molar-refractivity contribution is 9.10. The minimum atomic E-state index is -0.340. The van der Waals surface area contributed by atoms with Crippen LogP contribution in [0.15, 0.2) is 39.4 Å². The molecule has 0 aliphatic rings. The van der Waals surface area contributed by atoms with Gasteiger partial charge in [0.25, 0.3) is 5.91 Å². The van der Waals surface area contributed by atoms with Crippen molar-refractivity contribution in [2.75, 3.05) is 5.32 Å². The number of hydrogen-bond donors (Lipinski definition) is 1. The standard InChI is InChI=1S/C12H6Br2Cl2N2O/c13-6-3-8(11(16)17-5-6)12(19)18-7-1-2-10(15)9(14)4-7/h1-5H,(H,18,19). The second-order valence-corrected chi connectivity index (χ2v) is 6.11. The molecule has 19 heavy (non-hydrogen) atoms. The molecule has 0 aliphatic carbocycles. The first-order valence-corrected chi connectivity index (χ1v) is 7.39. The van der Waals surface area contributed by atoms with Crippen LogP contribution >= 0.6 is 55.1 Å². The van der Waals surface area contributed by atoms with Crippen molar-refractivity contribution in [3.05, 3.63) is 55.1 Å². The molecule has 0 saturated heterocycles. The molecule has 0 unspecified atom stereocenters. The van der Waals surface area contributed by atoms with Crippen LogP contribution in [-0.4, -0.2) is 10.9 Å². The zero-order valence-electron chi connectivity index (χ0n) is 9.25. The van der Waals surface area contributed by atoms with E-state index in [1.54, 1.807) is 24.3 Å². The number of halogens is 4. The minimum Gasteiger partial charge on any atom is -0.322 e. The summed E-state index contributed by atoms with van der Waals surface area (Å²) in [5, 5.41) is 3.44. The van der Waals surface area contributed by atoms with Gasteiger partial charge in [0.05, 0.1) is 10.6 Å². The van der Waals surface area contributed by atoms with Gasteiger partial charge < -0.3 is 5.32 Å². The molecule has 0 saturated carbocycles. The fourth-order valence-corrected chi connectivity index (χ4v) is 2.37. The molecule has 0 atom stereocenters. The lowest BCUT2D eigenvalue weighted by atomic mass is 10.2. The smallest absolute Gasteiger partial charge is 0.258 e. The molecule has 0 spiro atoms. The van der Waals surface area contributed by atoms with Crippen molar-refractivity contribution in [1.82, 2.24) is 4.98 Å². The largest absolute Gasteiger partial charge is 0.322 e. The van der Waals surface area contributed by atoms with E-state index < -0.39 is 0 Å². The Balaban J connectivity index is 2.25. The summed E-state index contributed by atoms with van der Waals surface area (Å²) >= 11 is 18.3. The van der Waals surface area contributed by atoms with Crippen molar-refractivity contribution >= 4 is 66.7 Å². The lowest BCUT2D eigenvalue weighted by molar-refractivity contribution is 0.102. The van der Waals surface area contributed by atoms with Gasteiger partial charge in [0.1, 0.15) is 5.15 Å². The van der Waals surface area contributed by atoms with E-state index in [0.29, 0.717) is 25.2 Å². The van der Waals surface area contributed by atoms with Crippen LogP contribution in [0.3, 0.4) is 0 Å². The molecule has 0 radical (unpaired) electrons. The maximum atomic E-state index is 12.1. The Hall–Kier alpha value is -0.620. The average Bonchev–Trinajstić information content (AvgIpc) is 2.36. The van der Waals surface area contributed by atoms with Crippen molar-refractivity contribution in [3.8, 4) is 0 Å². The normalized spacial score (nSPS) is 10.3. The van der Waals surface area contributed by atoms with E-state index in [4.69, 9.17) is 23.2 Å². The Bertz CT molecular complexity index is 650. The molecule has 98 valence electrons. The van der Waals surface area contributed by atoms with Crippen molar-refractivity contribution in [2.24, 2.45) is 0 Å². The highest BCUT2D eigenvalue weighted by Gasteiger charge is 2.12. The Morgan fingerprint density at radius 1 is 1.21 bits per heavy atom. The predicted molar refractivity (Wildman–Crippen MR) is 84.1 cm³/mol. The molecule has 0 aliphatic heterocycles. The van der Waals surface area contributed by atoms with E-state index in [1.807, 2.05) is 0 Å². The lowest BCUT2D eigenvalue weighted by Gasteiger charge is -2.07. The number of pyridine rings is 1. The second kappa shape index (κ2) is 6.22. The zero-order valence-corrected chi connectivity index (χ0v) is 13.9. The highest BCUT2D eigenvalue weighted by atomic mass is 79.9. The number of aromatic nitrogens is 1. The summed E-state index contributed by atoms with van der Waals surface area (Å²) in [5.74, 6) is -0.340. The Morgan fingerprint density at radius 3 is 2.63 bits per heavy atom. The van der Waals surface area contributed by atoms with Gasteiger partial charge in [0.2, 0.25) is 0 Å². The van der Waals surface area contributed by atoms with Crippen LogP contribution < -0.4 is 5.32 Å². The average molecular weight is 425 g/mol. The predicted octanol–water partition coefficient (Wildman–Crippen LogP) is 5.17. The number of rotatable bonds is 2. The number of hydrogen-bond acceptors (Lipinski definition) is 2. The third-order valence-electron chi connectivity index (χ3n) is 2.23. The number of amides is 1. The first kappa shape index (κ1) is 14.8. The van der Waals surface area contributed by atoms with Crippen LogP contribution in [0.5, 0.6) is 0 Å². The summed E-state index contributed by atoms with van der Waals surface area (Å²) in [6.45, 7) is 0.